The molecule has 0 aromatic heterocycles. The minimum atomic E-state index is -0.254. The summed E-state index contributed by atoms with van der Waals surface area (Å²) < 4.78 is 10.9. The van der Waals surface area contributed by atoms with Gasteiger partial charge in [0.25, 0.3) is 0 Å². The van der Waals surface area contributed by atoms with Crippen molar-refractivity contribution in [1.82, 2.24) is 0 Å². The van der Waals surface area contributed by atoms with Crippen LogP contribution in [0.25, 0.3) is 11.1 Å². The number of benzene rings is 6. The zero-order valence-electron chi connectivity index (χ0n) is 27.1. The maximum absolute atomic E-state index is 6.08. The van der Waals surface area contributed by atoms with Crippen molar-refractivity contribution in [2.75, 3.05) is 35.5 Å². The van der Waals surface area contributed by atoms with E-state index >= 15 is 0 Å². The van der Waals surface area contributed by atoms with Crippen LogP contribution in [0.15, 0.2) is 133 Å². The number of anilines is 8. The summed E-state index contributed by atoms with van der Waals surface area (Å²) in [7, 11) is 3.37. The molecule has 0 spiro atoms. The molecule has 234 valence electrons. The van der Waals surface area contributed by atoms with Gasteiger partial charge in [0.15, 0.2) is 0 Å². The lowest BCUT2D eigenvalue weighted by atomic mass is 9.82. The van der Waals surface area contributed by atoms with Crippen molar-refractivity contribution in [3.8, 4) is 22.6 Å². The molecule has 0 saturated carbocycles. The fourth-order valence-electron chi connectivity index (χ4n) is 6.60. The standard InChI is InChI=1S/C41H38N4O2/c1-41(2)39-25-33(44(29-9-5-27(42)6-10-29)31-13-19-35(46-3)20-14-31)17-23-37(39)38-24-18-34(26-40(38)41)45(30-11-7-28(43)8-12-30)32-15-21-36(47-4)22-16-32/h5-26H,42-43H2,1-4H3. The molecular weight excluding hydrogens is 580 g/mol. The molecule has 4 N–H and O–H groups in total. The summed E-state index contributed by atoms with van der Waals surface area (Å²) in [6, 6.07) is 45.9. The van der Waals surface area contributed by atoms with Gasteiger partial charge in [-0.15, -0.1) is 0 Å². The monoisotopic (exact) mass is 618 g/mol. The highest BCUT2D eigenvalue weighted by atomic mass is 16.5. The van der Waals surface area contributed by atoms with Gasteiger partial charge in [0.2, 0.25) is 0 Å². The highest BCUT2D eigenvalue weighted by Crippen LogP contribution is 2.52. The van der Waals surface area contributed by atoms with Crippen molar-refractivity contribution >= 4 is 45.5 Å². The Bertz CT molecular complexity index is 1890. The van der Waals surface area contributed by atoms with Crippen LogP contribution in [0.1, 0.15) is 25.0 Å². The number of methoxy groups -OCH3 is 2. The SMILES string of the molecule is COc1ccc(N(c2ccc(N)cc2)c2ccc3c(c2)C(C)(C)c2cc(N(c4ccc(N)cc4)c4ccc(OC)cc4)ccc2-3)cc1. The van der Waals surface area contributed by atoms with Crippen LogP contribution in [0.4, 0.5) is 45.5 Å². The number of hydrogen-bond acceptors (Lipinski definition) is 6. The molecule has 6 heteroatoms. The summed E-state index contributed by atoms with van der Waals surface area (Å²) in [6.45, 7) is 4.63. The summed E-state index contributed by atoms with van der Waals surface area (Å²) in [5.41, 5.74) is 24.7. The molecule has 0 aliphatic heterocycles. The van der Waals surface area contributed by atoms with Gasteiger partial charge in [-0.3, -0.25) is 0 Å². The highest BCUT2D eigenvalue weighted by Gasteiger charge is 2.37. The minimum Gasteiger partial charge on any atom is -0.497 e. The average Bonchev–Trinajstić information content (AvgIpc) is 3.32. The van der Waals surface area contributed by atoms with Crippen molar-refractivity contribution in [2.24, 2.45) is 0 Å². The normalized spacial score (nSPS) is 12.6. The second-order valence-corrected chi connectivity index (χ2v) is 12.3. The second-order valence-electron chi connectivity index (χ2n) is 12.3. The summed E-state index contributed by atoms with van der Waals surface area (Å²) in [4.78, 5) is 4.52. The van der Waals surface area contributed by atoms with E-state index in [9.17, 15) is 0 Å². The largest absolute Gasteiger partial charge is 0.497 e. The van der Waals surface area contributed by atoms with Crippen molar-refractivity contribution in [3.05, 3.63) is 145 Å². The van der Waals surface area contributed by atoms with E-state index in [1.807, 2.05) is 48.5 Å². The second kappa shape index (κ2) is 11.8. The van der Waals surface area contributed by atoms with E-state index in [1.54, 1.807) is 14.2 Å². The van der Waals surface area contributed by atoms with Gasteiger partial charge in [0.1, 0.15) is 11.5 Å². The molecule has 1 aliphatic carbocycles. The smallest absolute Gasteiger partial charge is 0.119 e. The maximum Gasteiger partial charge on any atom is 0.119 e. The summed E-state index contributed by atoms with van der Waals surface area (Å²) in [5.74, 6) is 1.63. The molecule has 0 amide bonds. The van der Waals surface area contributed by atoms with E-state index in [4.69, 9.17) is 20.9 Å². The predicted molar refractivity (Wildman–Crippen MR) is 195 cm³/mol. The average molecular weight is 619 g/mol. The third kappa shape index (κ3) is 5.38. The van der Waals surface area contributed by atoms with E-state index in [2.05, 4.69) is 109 Å². The van der Waals surface area contributed by atoms with Crippen LogP contribution in [-0.2, 0) is 5.41 Å². The van der Waals surface area contributed by atoms with E-state index in [0.717, 1.165) is 57.0 Å². The van der Waals surface area contributed by atoms with Gasteiger partial charge in [-0.1, -0.05) is 26.0 Å². The number of ether oxygens (including phenoxy) is 2. The van der Waals surface area contributed by atoms with Gasteiger partial charge in [0.05, 0.1) is 14.2 Å². The number of rotatable bonds is 8. The molecule has 0 unspecified atom stereocenters. The van der Waals surface area contributed by atoms with Crippen LogP contribution in [0, 0.1) is 0 Å². The maximum atomic E-state index is 6.08. The topological polar surface area (TPSA) is 77.0 Å². The molecule has 0 heterocycles. The van der Waals surface area contributed by atoms with E-state index in [-0.39, 0.29) is 5.41 Å². The highest BCUT2D eigenvalue weighted by molar-refractivity contribution is 5.88. The molecular formula is C41H38N4O2. The quantitative estimate of drug-likeness (QED) is 0.165. The molecule has 0 fully saturated rings. The van der Waals surface area contributed by atoms with E-state index in [0.29, 0.717) is 0 Å². The van der Waals surface area contributed by atoms with E-state index < -0.39 is 0 Å². The number of nitrogens with zero attached hydrogens (tertiary/aromatic N) is 2. The first kappa shape index (κ1) is 29.8. The molecule has 6 nitrogen and oxygen atoms in total. The zero-order chi connectivity index (χ0) is 32.7. The van der Waals surface area contributed by atoms with Crippen LogP contribution in [0.5, 0.6) is 11.5 Å². The molecule has 0 atom stereocenters. The lowest BCUT2D eigenvalue weighted by molar-refractivity contribution is 0.414. The lowest BCUT2D eigenvalue weighted by Gasteiger charge is -2.29. The Balaban J connectivity index is 1.32. The molecule has 0 radical (unpaired) electrons. The van der Waals surface area contributed by atoms with Gasteiger partial charge in [-0.05, 0) is 144 Å². The van der Waals surface area contributed by atoms with Crippen LogP contribution in [-0.4, -0.2) is 14.2 Å². The molecule has 0 saturated heterocycles. The van der Waals surface area contributed by atoms with Crippen LogP contribution < -0.4 is 30.7 Å². The Hall–Kier alpha value is -5.88. The molecule has 7 rings (SSSR count). The zero-order valence-corrected chi connectivity index (χ0v) is 27.1. The van der Waals surface area contributed by atoms with Gasteiger partial charge >= 0.3 is 0 Å². The van der Waals surface area contributed by atoms with Crippen molar-refractivity contribution < 1.29 is 9.47 Å². The Labute approximate surface area is 276 Å². The first-order valence-corrected chi connectivity index (χ1v) is 15.7. The van der Waals surface area contributed by atoms with Crippen LogP contribution >= 0.6 is 0 Å². The fourth-order valence-corrected chi connectivity index (χ4v) is 6.60. The Kier molecular flexibility index (Phi) is 7.49. The summed E-state index contributed by atoms with van der Waals surface area (Å²) in [6.07, 6.45) is 0. The van der Waals surface area contributed by atoms with Gasteiger partial charge in [0, 0.05) is 50.9 Å². The first-order chi connectivity index (χ1) is 22.8. The fraction of sp³-hybridized carbons (Fsp3) is 0.122. The number of nitrogen functional groups attached to an aromatic ring is 2. The number of fused-ring (bicyclic) bond motifs is 3. The van der Waals surface area contributed by atoms with Gasteiger partial charge in [-0.2, -0.15) is 0 Å². The Morgan fingerprint density at radius 2 is 0.723 bits per heavy atom. The Morgan fingerprint density at radius 1 is 0.426 bits per heavy atom. The van der Waals surface area contributed by atoms with Gasteiger partial charge in [-0.25, -0.2) is 0 Å². The lowest BCUT2D eigenvalue weighted by Crippen LogP contribution is -2.17. The number of hydrogen-bond donors (Lipinski definition) is 2. The van der Waals surface area contributed by atoms with Crippen LogP contribution in [0.2, 0.25) is 0 Å². The predicted octanol–water partition coefficient (Wildman–Crippen LogP) is 10.1. The minimum absolute atomic E-state index is 0.254. The van der Waals surface area contributed by atoms with Gasteiger partial charge < -0.3 is 30.7 Å². The van der Waals surface area contributed by atoms with Crippen molar-refractivity contribution in [2.45, 2.75) is 19.3 Å². The Morgan fingerprint density at radius 3 is 1.04 bits per heavy atom. The molecule has 47 heavy (non-hydrogen) atoms. The summed E-state index contributed by atoms with van der Waals surface area (Å²) in [5, 5.41) is 0. The van der Waals surface area contributed by atoms with Crippen molar-refractivity contribution in [3.63, 3.8) is 0 Å². The van der Waals surface area contributed by atoms with Crippen LogP contribution in [0.3, 0.4) is 0 Å². The molecule has 1 aliphatic rings. The third-order valence-corrected chi connectivity index (χ3v) is 9.12. The third-order valence-electron chi connectivity index (χ3n) is 9.12. The summed E-state index contributed by atoms with van der Waals surface area (Å²) >= 11 is 0. The van der Waals surface area contributed by atoms with E-state index in [1.165, 1.54) is 22.3 Å². The molecule has 0 bridgehead atoms. The first-order valence-electron chi connectivity index (χ1n) is 15.7. The molecule has 6 aromatic carbocycles. The van der Waals surface area contributed by atoms with Crippen molar-refractivity contribution in [1.29, 1.82) is 0 Å². The molecule has 6 aromatic rings. The number of nitrogens with two attached hydrogens (primary N) is 2.